The molecule has 1 amide bonds. The summed E-state index contributed by atoms with van der Waals surface area (Å²) in [6, 6.07) is 15.0. The molecule has 0 aliphatic rings. The molecule has 0 radical (unpaired) electrons. The highest BCUT2D eigenvalue weighted by Crippen LogP contribution is 2.22. The fourth-order valence-corrected chi connectivity index (χ4v) is 2.09. The minimum absolute atomic E-state index is 0.192. The van der Waals surface area contributed by atoms with E-state index in [4.69, 9.17) is 4.74 Å². The van der Waals surface area contributed by atoms with Gasteiger partial charge in [0.25, 0.3) is 0 Å². The molecule has 0 saturated carbocycles. The number of hydrogen-bond donors (Lipinski definition) is 1. The lowest BCUT2D eigenvalue weighted by atomic mass is 10.2. The molecule has 2 aromatic rings. The summed E-state index contributed by atoms with van der Waals surface area (Å²) in [7, 11) is 1.60. The molecule has 4 heteroatoms. The van der Waals surface area contributed by atoms with E-state index in [1.807, 2.05) is 48.5 Å². The molecule has 0 unspecified atom stereocenters. The lowest BCUT2D eigenvalue weighted by Crippen LogP contribution is -2.08. The molecule has 2 rings (SSSR count). The molecule has 0 saturated heterocycles. The molecule has 0 aliphatic heterocycles. The number of rotatable bonds is 4. The first-order valence-electron chi connectivity index (χ1n) is 6.07. The third-order valence-corrected chi connectivity index (χ3v) is 3.38. The Labute approximate surface area is 126 Å². The van der Waals surface area contributed by atoms with Crippen LogP contribution in [0.4, 0.5) is 5.69 Å². The van der Waals surface area contributed by atoms with Crippen molar-refractivity contribution in [2.75, 3.05) is 12.4 Å². The number of hydrogen-bond acceptors (Lipinski definition) is 2. The predicted octanol–water partition coefficient (Wildman–Crippen LogP) is 4.11. The van der Waals surface area contributed by atoms with Crippen molar-refractivity contribution in [1.82, 2.24) is 0 Å². The van der Waals surface area contributed by atoms with Crippen molar-refractivity contribution in [3.8, 4) is 5.75 Å². The van der Waals surface area contributed by atoms with Gasteiger partial charge < -0.3 is 10.1 Å². The van der Waals surface area contributed by atoms with Crippen LogP contribution in [-0.2, 0) is 4.79 Å². The van der Waals surface area contributed by atoms with E-state index in [0.29, 0.717) is 0 Å². The summed E-state index contributed by atoms with van der Waals surface area (Å²) in [6.45, 7) is 0. The molecule has 20 heavy (non-hydrogen) atoms. The zero-order valence-electron chi connectivity index (χ0n) is 11.0. The Morgan fingerprint density at radius 3 is 2.60 bits per heavy atom. The van der Waals surface area contributed by atoms with Gasteiger partial charge in [0, 0.05) is 16.1 Å². The molecule has 0 fully saturated rings. The van der Waals surface area contributed by atoms with Crippen LogP contribution in [0.1, 0.15) is 5.56 Å². The Bertz CT molecular complexity index is 638. The molecule has 0 bridgehead atoms. The van der Waals surface area contributed by atoms with E-state index in [0.717, 1.165) is 21.5 Å². The van der Waals surface area contributed by atoms with E-state index >= 15 is 0 Å². The van der Waals surface area contributed by atoms with E-state index in [9.17, 15) is 4.79 Å². The van der Waals surface area contributed by atoms with E-state index < -0.39 is 0 Å². The quantitative estimate of drug-likeness (QED) is 0.856. The van der Waals surface area contributed by atoms with Crippen LogP contribution in [-0.4, -0.2) is 13.0 Å². The average Bonchev–Trinajstić information content (AvgIpc) is 2.48. The van der Waals surface area contributed by atoms with Crippen molar-refractivity contribution in [2.45, 2.75) is 0 Å². The van der Waals surface area contributed by atoms with Crippen LogP contribution in [0.2, 0.25) is 0 Å². The molecular weight excluding hydrogens is 318 g/mol. The van der Waals surface area contributed by atoms with E-state index in [-0.39, 0.29) is 5.91 Å². The van der Waals surface area contributed by atoms with Gasteiger partial charge in [-0.2, -0.15) is 0 Å². The molecule has 0 aromatic heterocycles. The molecule has 1 N–H and O–H groups in total. The third kappa shape index (κ3) is 3.71. The monoisotopic (exact) mass is 331 g/mol. The lowest BCUT2D eigenvalue weighted by Gasteiger charge is -2.05. The van der Waals surface area contributed by atoms with Gasteiger partial charge in [-0.05, 0) is 40.2 Å². The standard InChI is InChI=1S/C16H14BrNO2/c1-20-15-9-5-2-6-12(15)10-11-16(19)18-14-8-4-3-7-13(14)17/h2-11H,1H3,(H,18,19)/b11-10+. The highest BCUT2D eigenvalue weighted by Gasteiger charge is 2.02. The summed E-state index contributed by atoms with van der Waals surface area (Å²) >= 11 is 3.38. The topological polar surface area (TPSA) is 38.3 Å². The first-order chi connectivity index (χ1) is 9.70. The van der Waals surface area contributed by atoms with Crippen LogP contribution >= 0.6 is 15.9 Å². The maximum Gasteiger partial charge on any atom is 0.248 e. The first kappa shape index (κ1) is 14.3. The number of halogens is 1. The van der Waals surface area contributed by atoms with Gasteiger partial charge in [0.05, 0.1) is 12.8 Å². The normalized spacial score (nSPS) is 10.5. The van der Waals surface area contributed by atoms with E-state index in [1.54, 1.807) is 13.2 Å². The van der Waals surface area contributed by atoms with Gasteiger partial charge in [0.1, 0.15) is 5.75 Å². The number of ether oxygens (including phenoxy) is 1. The van der Waals surface area contributed by atoms with E-state index in [2.05, 4.69) is 21.2 Å². The fourth-order valence-electron chi connectivity index (χ4n) is 1.71. The van der Waals surface area contributed by atoms with Gasteiger partial charge in [0.15, 0.2) is 0 Å². The van der Waals surface area contributed by atoms with Crippen LogP contribution in [0.15, 0.2) is 59.1 Å². The van der Waals surface area contributed by atoms with Gasteiger partial charge in [-0.15, -0.1) is 0 Å². The molecule has 0 atom stereocenters. The highest BCUT2D eigenvalue weighted by atomic mass is 79.9. The summed E-state index contributed by atoms with van der Waals surface area (Å²) in [5, 5.41) is 2.80. The summed E-state index contributed by atoms with van der Waals surface area (Å²) in [6.07, 6.45) is 3.21. The Morgan fingerprint density at radius 2 is 1.85 bits per heavy atom. The van der Waals surface area contributed by atoms with Crippen LogP contribution in [0.3, 0.4) is 0 Å². The Balaban J connectivity index is 2.08. The summed E-state index contributed by atoms with van der Waals surface area (Å²) in [5.41, 5.74) is 1.60. The van der Waals surface area contributed by atoms with Crippen molar-refractivity contribution in [2.24, 2.45) is 0 Å². The second kappa shape index (κ2) is 6.91. The molecule has 0 heterocycles. The molecular formula is C16H14BrNO2. The number of carbonyl (C=O) groups is 1. The van der Waals surface area contributed by atoms with E-state index in [1.165, 1.54) is 6.08 Å². The number of amides is 1. The third-order valence-electron chi connectivity index (χ3n) is 2.68. The van der Waals surface area contributed by atoms with Gasteiger partial charge in [-0.3, -0.25) is 4.79 Å². The number of carbonyl (C=O) groups excluding carboxylic acids is 1. The minimum Gasteiger partial charge on any atom is -0.496 e. The summed E-state index contributed by atoms with van der Waals surface area (Å²) < 4.78 is 6.07. The van der Waals surface area contributed by atoms with Crippen molar-refractivity contribution in [3.05, 3.63) is 64.6 Å². The average molecular weight is 332 g/mol. The van der Waals surface area contributed by atoms with Crippen molar-refractivity contribution in [1.29, 1.82) is 0 Å². The molecule has 2 aromatic carbocycles. The van der Waals surface area contributed by atoms with Gasteiger partial charge in [-0.25, -0.2) is 0 Å². The van der Waals surface area contributed by atoms with Crippen LogP contribution < -0.4 is 10.1 Å². The van der Waals surface area contributed by atoms with Gasteiger partial charge in [-0.1, -0.05) is 30.3 Å². The molecule has 0 aliphatic carbocycles. The Kier molecular flexibility index (Phi) is 4.96. The second-order valence-corrected chi connectivity index (χ2v) is 4.90. The van der Waals surface area contributed by atoms with Crippen LogP contribution in [0.25, 0.3) is 6.08 Å². The first-order valence-corrected chi connectivity index (χ1v) is 6.86. The van der Waals surface area contributed by atoms with Crippen LogP contribution in [0.5, 0.6) is 5.75 Å². The van der Waals surface area contributed by atoms with Gasteiger partial charge in [0.2, 0.25) is 5.91 Å². The highest BCUT2D eigenvalue weighted by molar-refractivity contribution is 9.10. The Hall–Kier alpha value is -2.07. The zero-order chi connectivity index (χ0) is 14.4. The smallest absolute Gasteiger partial charge is 0.248 e. The minimum atomic E-state index is -0.192. The maximum atomic E-state index is 11.9. The van der Waals surface area contributed by atoms with Crippen molar-refractivity contribution < 1.29 is 9.53 Å². The van der Waals surface area contributed by atoms with Crippen molar-refractivity contribution in [3.63, 3.8) is 0 Å². The van der Waals surface area contributed by atoms with Gasteiger partial charge >= 0.3 is 0 Å². The predicted molar refractivity (Wildman–Crippen MR) is 84.8 cm³/mol. The lowest BCUT2D eigenvalue weighted by molar-refractivity contribution is -0.111. The molecule has 0 spiro atoms. The second-order valence-electron chi connectivity index (χ2n) is 4.04. The number of benzene rings is 2. The number of nitrogens with one attached hydrogen (secondary N) is 1. The Morgan fingerprint density at radius 1 is 1.15 bits per heavy atom. The summed E-state index contributed by atoms with van der Waals surface area (Å²) in [4.78, 5) is 11.9. The number of anilines is 1. The van der Waals surface area contributed by atoms with Crippen molar-refractivity contribution >= 4 is 33.6 Å². The SMILES string of the molecule is COc1ccccc1/C=C/C(=O)Nc1ccccc1Br. The summed E-state index contributed by atoms with van der Waals surface area (Å²) in [5.74, 6) is 0.542. The zero-order valence-corrected chi connectivity index (χ0v) is 12.6. The fraction of sp³-hybridized carbons (Fsp3) is 0.0625. The largest absolute Gasteiger partial charge is 0.496 e. The maximum absolute atomic E-state index is 11.9. The molecule has 3 nitrogen and oxygen atoms in total. The molecule has 102 valence electrons. The van der Waals surface area contributed by atoms with Crippen LogP contribution in [0, 0.1) is 0 Å². The number of methoxy groups -OCH3 is 1. The number of para-hydroxylation sites is 2.